The maximum Gasteiger partial charge on any atom is 0.282 e. The van der Waals surface area contributed by atoms with Crippen LogP contribution in [-0.4, -0.2) is 23.0 Å². The minimum atomic E-state index is -0.382. The van der Waals surface area contributed by atoms with E-state index in [2.05, 4.69) is 5.10 Å². The predicted octanol–water partition coefficient (Wildman–Crippen LogP) is 2.32. The lowest BCUT2D eigenvalue weighted by Crippen LogP contribution is -2.23. The topological polar surface area (TPSA) is 49.7 Å². The summed E-state index contributed by atoms with van der Waals surface area (Å²) in [5.41, 5.74) is 1.63. The summed E-state index contributed by atoms with van der Waals surface area (Å²) in [6.07, 6.45) is 1.50. The van der Waals surface area contributed by atoms with Gasteiger partial charge >= 0.3 is 0 Å². The van der Waals surface area contributed by atoms with Gasteiger partial charge in [-0.3, -0.25) is 9.59 Å². The van der Waals surface area contributed by atoms with E-state index in [0.717, 1.165) is 10.6 Å². The van der Waals surface area contributed by atoms with Gasteiger partial charge in [0.2, 0.25) is 0 Å². The van der Waals surface area contributed by atoms with E-state index in [-0.39, 0.29) is 11.8 Å². The Balaban J connectivity index is 1.91. The molecule has 0 N–H and O–H groups in total. The number of nitrogens with zero attached hydrogens (tertiary/aromatic N) is 2. The van der Waals surface area contributed by atoms with Crippen molar-refractivity contribution < 1.29 is 9.59 Å². The molecule has 1 aliphatic heterocycles. The second-order valence-corrected chi connectivity index (χ2v) is 4.12. The zero-order valence-corrected chi connectivity index (χ0v) is 9.98. The van der Waals surface area contributed by atoms with Crippen LogP contribution in [0.4, 0.5) is 0 Å². The third kappa shape index (κ3) is 1.93. The van der Waals surface area contributed by atoms with Crippen molar-refractivity contribution in [1.82, 2.24) is 5.01 Å². The van der Waals surface area contributed by atoms with Crippen LogP contribution >= 0.6 is 0 Å². The first-order valence-corrected chi connectivity index (χ1v) is 5.84. The Kier molecular flexibility index (Phi) is 2.68. The summed E-state index contributed by atoms with van der Waals surface area (Å²) in [5, 5.41) is 4.88. The lowest BCUT2D eigenvalue weighted by molar-refractivity contribution is 0.0660. The van der Waals surface area contributed by atoms with Gasteiger partial charge in [-0.1, -0.05) is 42.5 Å². The van der Waals surface area contributed by atoms with Crippen molar-refractivity contribution in [3.63, 3.8) is 0 Å². The Morgan fingerprint density at radius 3 is 1.89 bits per heavy atom. The molecule has 0 unspecified atom stereocenters. The lowest BCUT2D eigenvalue weighted by atomic mass is 10.1. The molecule has 4 nitrogen and oxygen atoms in total. The minimum Gasteiger partial charge on any atom is -0.267 e. The number of imide groups is 1. The third-order valence-electron chi connectivity index (χ3n) is 2.89. The van der Waals surface area contributed by atoms with E-state index in [1.165, 1.54) is 6.21 Å². The van der Waals surface area contributed by atoms with E-state index in [1.807, 2.05) is 30.3 Å². The molecule has 19 heavy (non-hydrogen) atoms. The Labute approximate surface area is 110 Å². The summed E-state index contributed by atoms with van der Waals surface area (Å²) in [6.45, 7) is 0. The zero-order chi connectivity index (χ0) is 13.2. The fraction of sp³-hybridized carbons (Fsp3) is 0. The number of hydrazone groups is 1. The molecule has 1 heterocycles. The highest BCUT2D eigenvalue weighted by atomic mass is 16.2. The van der Waals surface area contributed by atoms with Crippen molar-refractivity contribution in [3.8, 4) is 0 Å². The average Bonchev–Trinajstić information content (AvgIpc) is 2.71. The van der Waals surface area contributed by atoms with Crippen LogP contribution in [0, 0.1) is 0 Å². The van der Waals surface area contributed by atoms with Gasteiger partial charge in [0.1, 0.15) is 0 Å². The van der Waals surface area contributed by atoms with Crippen LogP contribution in [0.1, 0.15) is 26.3 Å². The molecular weight excluding hydrogens is 240 g/mol. The number of hydrogen-bond acceptors (Lipinski definition) is 3. The molecule has 0 aromatic heterocycles. The molecule has 2 aromatic carbocycles. The van der Waals surface area contributed by atoms with Crippen molar-refractivity contribution >= 4 is 18.0 Å². The van der Waals surface area contributed by atoms with Crippen LogP contribution in [0.25, 0.3) is 0 Å². The van der Waals surface area contributed by atoms with Crippen molar-refractivity contribution in [2.75, 3.05) is 0 Å². The van der Waals surface area contributed by atoms with Crippen LogP contribution in [0.5, 0.6) is 0 Å². The average molecular weight is 250 g/mol. The molecule has 4 heteroatoms. The van der Waals surface area contributed by atoms with E-state index in [4.69, 9.17) is 0 Å². The maximum atomic E-state index is 12.0. The monoisotopic (exact) mass is 250 g/mol. The fourth-order valence-electron chi connectivity index (χ4n) is 1.94. The highest BCUT2D eigenvalue weighted by molar-refractivity contribution is 6.21. The first-order chi connectivity index (χ1) is 9.27. The van der Waals surface area contributed by atoms with E-state index in [0.29, 0.717) is 11.1 Å². The molecule has 1 aliphatic rings. The van der Waals surface area contributed by atoms with Gasteiger partial charge in [0.05, 0.1) is 17.3 Å². The van der Waals surface area contributed by atoms with Gasteiger partial charge in [-0.15, -0.1) is 0 Å². The van der Waals surface area contributed by atoms with Crippen LogP contribution in [0.2, 0.25) is 0 Å². The number of rotatable bonds is 2. The van der Waals surface area contributed by atoms with E-state index < -0.39 is 0 Å². The van der Waals surface area contributed by atoms with Gasteiger partial charge in [0, 0.05) is 0 Å². The molecule has 0 spiro atoms. The van der Waals surface area contributed by atoms with Crippen LogP contribution in [-0.2, 0) is 0 Å². The number of hydrogen-bond donors (Lipinski definition) is 0. The summed E-state index contributed by atoms with van der Waals surface area (Å²) < 4.78 is 0. The van der Waals surface area contributed by atoms with Gasteiger partial charge in [0.15, 0.2) is 0 Å². The highest BCUT2D eigenvalue weighted by Gasteiger charge is 2.35. The smallest absolute Gasteiger partial charge is 0.267 e. The van der Waals surface area contributed by atoms with Gasteiger partial charge in [-0.05, 0) is 17.7 Å². The highest BCUT2D eigenvalue weighted by Crippen LogP contribution is 2.22. The number of benzene rings is 2. The number of carbonyl (C=O) groups excluding carboxylic acids is 2. The van der Waals surface area contributed by atoms with E-state index >= 15 is 0 Å². The standard InChI is InChI=1S/C15H10N2O2/c18-14-12-8-4-5-9-13(12)15(19)17(14)16-10-11-6-2-1-3-7-11/h1-10H. The summed E-state index contributed by atoms with van der Waals surface area (Å²) >= 11 is 0. The summed E-state index contributed by atoms with van der Waals surface area (Å²) in [6, 6.07) is 16.0. The predicted molar refractivity (Wildman–Crippen MR) is 71.0 cm³/mol. The van der Waals surface area contributed by atoms with Gasteiger partial charge in [-0.2, -0.15) is 10.1 Å². The molecule has 3 rings (SSSR count). The quantitative estimate of drug-likeness (QED) is 0.606. The van der Waals surface area contributed by atoms with Gasteiger partial charge < -0.3 is 0 Å². The molecule has 2 amide bonds. The van der Waals surface area contributed by atoms with E-state index in [9.17, 15) is 9.59 Å². The molecule has 0 atom stereocenters. The molecule has 0 fully saturated rings. The molecule has 0 radical (unpaired) electrons. The fourth-order valence-corrected chi connectivity index (χ4v) is 1.94. The number of carbonyl (C=O) groups is 2. The van der Waals surface area contributed by atoms with Crippen molar-refractivity contribution in [3.05, 3.63) is 71.3 Å². The Bertz CT molecular complexity index is 643. The second-order valence-electron chi connectivity index (χ2n) is 4.12. The summed E-state index contributed by atoms with van der Waals surface area (Å²) in [4.78, 5) is 24.0. The normalized spacial score (nSPS) is 14.2. The molecular formula is C15H10N2O2. The largest absolute Gasteiger partial charge is 0.282 e. The van der Waals surface area contributed by atoms with Crippen molar-refractivity contribution in [1.29, 1.82) is 0 Å². The molecule has 0 saturated carbocycles. The first kappa shape index (κ1) is 11.3. The molecule has 2 aromatic rings. The van der Waals surface area contributed by atoms with Gasteiger partial charge in [-0.25, -0.2) is 0 Å². The molecule has 0 aliphatic carbocycles. The number of fused-ring (bicyclic) bond motifs is 1. The third-order valence-corrected chi connectivity index (χ3v) is 2.89. The number of amides is 2. The lowest BCUT2D eigenvalue weighted by Gasteiger charge is -2.05. The van der Waals surface area contributed by atoms with Crippen molar-refractivity contribution in [2.24, 2.45) is 5.10 Å². The Morgan fingerprint density at radius 2 is 1.32 bits per heavy atom. The molecule has 0 bridgehead atoms. The van der Waals surface area contributed by atoms with E-state index in [1.54, 1.807) is 24.3 Å². The van der Waals surface area contributed by atoms with Crippen molar-refractivity contribution in [2.45, 2.75) is 0 Å². The Hall–Kier alpha value is -2.75. The van der Waals surface area contributed by atoms with Crippen LogP contribution in [0.15, 0.2) is 59.7 Å². The summed E-state index contributed by atoms with van der Waals surface area (Å²) in [7, 11) is 0. The summed E-state index contributed by atoms with van der Waals surface area (Å²) in [5.74, 6) is -0.763. The first-order valence-electron chi connectivity index (χ1n) is 5.84. The van der Waals surface area contributed by atoms with Crippen LogP contribution in [0.3, 0.4) is 0 Å². The Morgan fingerprint density at radius 1 is 0.789 bits per heavy atom. The maximum absolute atomic E-state index is 12.0. The SMILES string of the molecule is O=C1c2ccccc2C(=O)N1N=Cc1ccccc1. The van der Waals surface area contributed by atoms with Gasteiger partial charge in [0.25, 0.3) is 11.8 Å². The second kappa shape index (κ2) is 4.49. The van der Waals surface area contributed by atoms with Crippen LogP contribution < -0.4 is 0 Å². The zero-order valence-electron chi connectivity index (χ0n) is 9.98. The molecule has 0 saturated heterocycles. The minimum absolute atomic E-state index is 0.382. The molecule has 92 valence electrons.